The molecule has 0 aromatic heterocycles. The van der Waals surface area contributed by atoms with Gasteiger partial charge in [0.15, 0.2) is 28.6 Å². The van der Waals surface area contributed by atoms with Gasteiger partial charge in [0.25, 0.3) is 0 Å². The van der Waals surface area contributed by atoms with E-state index in [1.165, 1.54) is 48.6 Å². The molecule has 0 heterocycles. The van der Waals surface area contributed by atoms with Gasteiger partial charge in [-0.15, -0.1) is 0 Å². The summed E-state index contributed by atoms with van der Waals surface area (Å²) in [6.45, 7) is 1.95. The van der Waals surface area contributed by atoms with Crippen molar-refractivity contribution >= 4 is 30.1 Å². The summed E-state index contributed by atoms with van der Waals surface area (Å²) in [4.78, 5) is 37.5. The van der Waals surface area contributed by atoms with E-state index in [9.17, 15) is 45.0 Å². The van der Waals surface area contributed by atoms with Crippen LogP contribution in [0, 0.1) is 0 Å². The molecule has 2 aromatic rings. The van der Waals surface area contributed by atoms with Crippen LogP contribution in [-0.4, -0.2) is 79.1 Å². The molecule has 6 N–H and O–H groups in total. The Labute approximate surface area is 235 Å². The standard InChI is InChI=1S/C29H32O12/c1-2-3-12-39-29(28(37)38)15-23(40-25(34)10-6-17-4-8-19(30)21(32)13-17)27(36)24(16-29)41-26(35)11-7-18-5-9-20(31)22(33)14-18/h4-11,13-14,23-24,27,30-33,36H,2-3,12,15-16H2,1H3,(H,37,38)/b10-6+,11-7+/t23-,24-,27?,29?/m1/s1. The molecule has 1 aliphatic rings. The van der Waals surface area contributed by atoms with E-state index in [0.29, 0.717) is 24.0 Å². The predicted molar refractivity (Wildman–Crippen MR) is 144 cm³/mol. The van der Waals surface area contributed by atoms with Gasteiger partial charge in [-0.25, -0.2) is 14.4 Å². The maximum absolute atomic E-state index is 12.6. The van der Waals surface area contributed by atoms with Gasteiger partial charge in [-0.2, -0.15) is 0 Å². The zero-order chi connectivity index (χ0) is 30.2. The second kappa shape index (κ2) is 13.7. The normalized spacial score (nSPS) is 22.5. The van der Waals surface area contributed by atoms with Crippen molar-refractivity contribution in [1.82, 2.24) is 0 Å². The number of carbonyl (C=O) groups excluding carboxylic acids is 2. The summed E-state index contributed by atoms with van der Waals surface area (Å²) in [5, 5.41) is 59.1. The second-order valence-corrected chi connectivity index (χ2v) is 9.51. The number of aliphatic carboxylic acids is 1. The number of phenols is 4. The zero-order valence-electron chi connectivity index (χ0n) is 22.2. The molecule has 2 aromatic carbocycles. The maximum atomic E-state index is 12.6. The van der Waals surface area contributed by atoms with Gasteiger partial charge in [-0.05, 0) is 54.0 Å². The molecule has 41 heavy (non-hydrogen) atoms. The number of carbonyl (C=O) groups is 3. The molecule has 0 aliphatic heterocycles. The van der Waals surface area contributed by atoms with E-state index in [4.69, 9.17) is 14.2 Å². The Hall–Kier alpha value is -4.55. The van der Waals surface area contributed by atoms with Gasteiger partial charge in [-0.3, -0.25) is 0 Å². The minimum Gasteiger partial charge on any atom is -0.504 e. The first kappa shape index (κ1) is 31.0. The van der Waals surface area contributed by atoms with E-state index >= 15 is 0 Å². The summed E-state index contributed by atoms with van der Waals surface area (Å²) in [5.74, 6) is -4.78. The van der Waals surface area contributed by atoms with Crippen LogP contribution in [0.15, 0.2) is 48.6 Å². The van der Waals surface area contributed by atoms with Crippen molar-refractivity contribution in [3.63, 3.8) is 0 Å². The van der Waals surface area contributed by atoms with Gasteiger partial charge in [0, 0.05) is 31.6 Å². The molecule has 0 unspecified atom stereocenters. The van der Waals surface area contributed by atoms with Crippen LogP contribution in [0.1, 0.15) is 43.7 Å². The van der Waals surface area contributed by atoms with Gasteiger partial charge >= 0.3 is 17.9 Å². The number of carboxylic acid groups (broad SMARTS) is 1. The van der Waals surface area contributed by atoms with Gasteiger partial charge in [0.1, 0.15) is 18.3 Å². The number of ether oxygens (including phenoxy) is 3. The molecule has 220 valence electrons. The number of esters is 2. The summed E-state index contributed by atoms with van der Waals surface area (Å²) >= 11 is 0. The second-order valence-electron chi connectivity index (χ2n) is 9.51. The summed E-state index contributed by atoms with van der Waals surface area (Å²) in [7, 11) is 0. The topological polar surface area (TPSA) is 200 Å². The first-order valence-electron chi connectivity index (χ1n) is 12.8. The number of rotatable bonds is 11. The number of carboxylic acids is 1. The van der Waals surface area contributed by atoms with Crippen LogP contribution in [-0.2, 0) is 28.6 Å². The van der Waals surface area contributed by atoms with Crippen LogP contribution in [0.4, 0.5) is 0 Å². The lowest BCUT2D eigenvalue weighted by Gasteiger charge is -2.43. The summed E-state index contributed by atoms with van der Waals surface area (Å²) in [5.41, 5.74) is -1.22. The van der Waals surface area contributed by atoms with Crippen LogP contribution >= 0.6 is 0 Å². The Bertz CT molecular complexity index is 1230. The van der Waals surface area contributed by atoms with Crippen LogP contribution in [0.3, 0.4) is 0 Å². The lowest BCUT2D eigenvalue weighted by molar-refractivity contribution is -0.212. The Morgan fingerprint density at radius 3 is 1.68 bits per heavy atom. The zero-order valence-corrected chi connectivity index (χ0v) is 22.2. The van der Waals surface area contributed by atoms with Gasteiger partial charge in [0.05, 0.1) is 0 Å². The first-order chi connectivity index (χ1) is 19.4. The largest absolute Gasteiger partial charge is 0.504 e. The number of aliphatic hydroxyl groups is 1. The third-order valence-corrected chi connectivity index (χ3v) is 6.45. The fraction of sp³-hybridized carbons (Fsp3) is 0.345. The average Bonchev–Trinajstić information content (AvgIpc) is 2.92. The highest BCUT2D eigenvalue weighted by molar-refractivity contribution is 5.88. The van der Waals surface area contributed by atoms with Crippen molar-refractivity contribution in [3.05, 3.63) is 59.7 Å². The molecule has 12 nitrogen and oxygen atoms in total. The van der Waals surface area contributed by atoms with Crippen LogP contribution in [0.25, 0.3) is 12.2 Å². The van der Waals surface area contributed by atoms with E-state index in [1.807, 2.05) is 6.92 Å². The van der Waals surface area contributed by atoms with Crippen molar-refractivity contribution in [3.8, 4) is 23.0 Å². The van der Waals surface area contributed by atoms with Crippen molar-refractivity contribution < 1.29 is 59.2 Å². The fourth-order valence-electron chi connectivity index (χ4n) is 4.20. The molecular weight excluding hydrogens is 540 g/mol. The van der Waals surface area contributed by atoms with Gasteiger partial charge in [0.2, 0.25) is 0 Å². The molecular formula is C29H32O12. The summed E-state index contributed by atoms with van der Waals surface area (Å²) in [6.07, 6.45) is 0.515. The summed E-state index contributed by atoms with van der Waals surface area (Å²) < 4.78 is 16.4. The fourth-order valence-corrected chi connectivity index (χ4v) is 4.20. The lowest BCUT2D eigenvalue weighted by atomic mass is 9.79. The molecule has 0 radical (unpaired) electrons. The van der Waals surface area contributed by atoms with Crippen molar-refractivity contribution in [2.24, 2.45) is 0 Å². The van der Waals surface area contributed by atoms with Crippen LogP contribution in [0.2, 0.25) is 0 Å². The van der Waals surface area contributed by atoms with Gasteiger partial charge in [-0.1, -0.05) is 25.5 Å². The SMILES string of the molecule is CCCCOC1(C(=O)O)C[C@@H](OC(=O)/C=C/c2ccc(O)c(O)c2)C(O)[C@H](OC(=O)/C=C/c2ccc(O)c(O)c2)C1. The third-order valence-electron chi connectivity index (χ3n) is 6.45. The van der Waals surface area contributed by atoms with Crippen LogP contribution in [0.5, 0.6) is 23.0 Å². The first-order valence-corrected chi connectivity index (χ1v) is 12.8. The minimum atomic E-state index is -1.93. The molecule has 1 aliphatic carbocycles. The highest BCUT2D eigenvalue weighted by Gasteiger charge is 2.54. The molecule has 0 amide bonds. The molecule has 0 spiro atoms. The number of hydrogen-bond donors (Lipinski definition) is 6. The highest BCUT2D eigenvalue weighted by Crippen LogP contribution is 2.36. The van der Waals surface area contributed by atoms with Crippen molar-refractivity contribution in [2.45, 2.75) is 56.5 Å². The van der Waals surface area contributed by atoms with E-state index in [1.54, 1.807) is 0 Å². The van der Waals surface area contributed by atoms with E-state index < -0.39 is 66.2 Å². The molecule has 1 fully saturated rings. The van der Waals surface area contributed by atoms with E-state index in [-0.39, 0.29) is 18.1 Å². The Balaban J connectivity index is 1.80. The maximum Gasteiger partial charge on any atom is 0.336 e. The van der Waals surface area contributed by atoms with E-state index in [2.05, 4.69) is 0 Å². The number of unbranched alkanes of at least 4 members (excludes halogenated alkanes) is 1. The van der Waals surface area contributed by atoms with E-state index in [0.717, 1.165) is 12.2 Å². The third kappa shape index (κ3) is 8.22. The number of phenolic OH excluding ortho intramolecular Hbond substituents is 4. The Morgan fingerprint density at radius 1 is 0.829 bits per heavy atom. The predicted octanol–water partition coefficient (Wildman–Crippen LogP) is 2.85. The number of hydrogen-bond acceptors (Lipinski definition) is 11. The molecule has 0 saturated heterocycles. The monoisotopic (exact) mass is 572 g/mol. The van der Waals surface area contributed by atoms with Crippen molar-refractivity contribution in [1.29, 1.82) is 0 Å². The molecule has 2 atom stereocenters. The van der Waals surface area contributed by atoms with Crippen molar-refractivity contribution in [2.75, 3.05) is 6.61 Å². The highest BCUT2D eigenvalue weighted by atomic mass is 16.6. The smallest absolute Gasteiger partial charge is 0.336 e. The molecule has 0 bridgehead atoms. The Morgan fingerprint density at radius 2 is 1.29 bits per heavy atom. The molecule has 12 heteroatoms. The number of aromatic hydroxyl groups is 4. The summed E-state index contributed by atoms with van der Waals surface area (Å²) in [6, 6.07) is 7.69. The van der Waals surface area contributed by atoms with Crippen LogP contribution < -0.4 is 0 Å². The minimum absolute atomic E-state index is 0.0642. The molecule has 3 rings (SSSR count). The molecule has 1 saturated carbocycles. The lowest BCUT2D eigenvalue weighted by Crippen LogP contribution is -2.59. The Kier molecular flexibility index (Phi) is 10.3. The number of benzene rings is 2. The quantitative estimate of drug-likeness (QED) is 0.0997. The average molecular weight is 573 g/mol. The number of aliphatic hydroxyl groups excluding tert-OH is 1. The van der Waals surface area contributed by atoms with Gasteiger partial charge < -0.3 is 44.8 Å².